The first-order chi connectivity index (χ1) is 5.66. The maximum absolute atomic E-state index is 5.96. The van der Waals surface area contributed by atoms with E-state index in [-0.39, 0.29) is 5.38 Å². The minimum absolute atomic E-state index is 0.00324. The molecule has 0 saturated heterocycles. The SMILES string of the molecule is CCc1cccc(C(C)Cl)c1N. The lowest BCUT2D eigenvalue weighted by Gasteiger charge is -2.10. The Labute approximate surface area is 78.5 Å². The van der Waals surface area contributed by atoms with Gasteiger partial charge in [0.05, 0.1) is 5.38 Å². The van der Waals surface area contributed by atoms with Crippen LogP contribution in [-0.2, 0) is 6.42 Å². The number of rotatable bonds is 2. The first kappa shape index (κ1) is 9.40. The van der Waals surface area contributed by atoms with E-state index in [1.807, 2.05) is 25.1 Å². The summed E-state index contributed by atoms with van der Waals surface area (Å²) in [5.41, 5.74) is 8.98. The summed E-state index contributed by atoms with van der Waals surface area (Å²) >= 11 is 5.96. The molecule has 1 rings (SSSR count). The molecule has 0 radical (unpaired) electrons. The third-order valence-corrected chi connectivity index (χ3v) is 2.27. The van der Waals surface area contributed by atoms with Gasteiger partial charge in [-0.25, -0.2) is 0 Å². The van der Waals surface area contributed by atoms with Gasteiger partial charge in [-0.05, 0) is 24.5 Å². The summed E-state index contributed by atoms with van der Waals surface area (Å²) in [5.74, 6) is 0. The molecule has 2 N–H and O–H groups in total. The van der Waals surface area contributed by atoms with Crippen molar-refractivity contribution in [2.24, 2.45) is 0 Å². The van der Waals surface area contributed by atoms with Gasteiger partial charge in [0, 0.05) is 5.69 Å². The van der Waals surface area contributed by atoms with E-state index in [1.165, 1.54) is 5.56 Å². The molecule has 0 bridgehead atoms. The largest absolute Gasteiger partial charge is 0.398 e. The second-order valence-corrected chi connectivity index (χ2v) is 3.54. The number of anilines is 1. The Morgan fingerprint density at radius 1 is 1.50 bits per heavy atom. The highest BCUT2D eigenvalue weighted by Gasteiger charge is 2.07. The van der Waals surface area contributed by atoms with Crippen molar-refractivity contribution < 1.29 is 0 Å². The topological polar surface area (TPSA) is 26.0 Å². The highest BCUT2D eigenvalue weighted by atomic mass is 35.5. The third-order valence-electron chi connectivity index (χ3n) is 2.04. The number of hydrogen-bond acceptors (Lipinski definition) is 1. The van der Waals surface area contributed by atoms with E-state index < -0.39 is 0 Å². The molecule has 66 valence electrons. The molecule has 0 saturated carbocycles. The summed E-state index contributed by atoms with van der Waals surface area (Å²) in [6.07, 6.45) is 0.962. The Morgan fingerprint density at radius 3 is 2.67 bits per heavy atom. The quantitative estimate of drug-likeness (QED) is 0.554. The molecule has 1 atom stereocenters. The average molecular weight is 184 g/mol. The predicted octanol–water partition coefficient (Wildman–Crippen LogP) is 3.13. The van der Waals surface area contributed by atoms with Crippen LogP contribution in [0.25, 0.3) is 0 Å². The van der Waals surface area contributed by atoms with Crippen molar-refractivity contribution in [1.82, 2.24) is 0 Å². The zero-order valence-corrected chi connectivity index (χ0v) is 8.23. The van der Waals surface area contributed by atoms with Crippen LogP contribution in [0, 0.1) is 0 Å². The van der Waals surface area contributed by atoms with Crippen LogP contribution in [0.2, 0.25) is 0 Å². The molecule has 0 aliphatic carbocycles. The molecule has 1 aromatic carbocycles. The zero-order valence-electron chi connectivity index (χ0n) is 7.47. The molecule has 12 heavy (non-hydrogen) atoms. The molecule has 1 nitrogen and oxygen atoms in total. The Morgan fingerprint density at radius 2 is 2.17 bits per heavy atom. The van der Waals surface area contributed by atoms with Crippen molar-refractivity contribution in [2.75, 3.05) is 5.73 Å². The van der Waals surface area contributed by atoms with Crippen molar-refractivity contribution in [3.8, 4) is 0 Å². The van der Waals surface area contributed by atoms with Gasteiger partial charge < -0.3 is 5.73 Å². The van der Waals surface area contributed by atoms with Crippen LogP contribution in [0.5, 0.6) is 0 Å². The lowest BCUT2D eigenvalue weighted by molar-refractivity contribution is 1.06. The molecule has 0 aliphatic heterocycles. The van der Waals surface area contributed by atoms with Gasteiger partial charge in [-0.1, -0.05) is 25.1 Å². The summed E-state index contributed by atoms with van der Waals surface area (Å²) < 4.78 is 0. The molecule has 2 heteroatoms. The fourth-order valence-corrected chi connectivity index (χ4v) is 1.48. The van der Waals surface area contributed by atoms with Crippen molar-refractivity contribution in [1.29, 1.82) is 0 Å². The average Bonchev–Trinajstić information content (AvgIpc) is 2.04. The smallest absolute Gasteiger partial charge is 0.0577 e. The molecule has 0 fully saturated rings. The highest BCUT2D eigenvalue weighted by Crippen LogP contribution is 2.27. The summed E-state index contributed by atoms with van der Waals surface area (Å²) in [5, 5.41) is -0.00324. The Hall–Kier alpha value is -0.690. The number of benzene rings is 1. The van der Waals surface area contributed by atoms with Gasteiger partial charge in [-0.15, -0.1) is 11.6 Å². The molecule has 0 aromatic heterocycles. The van der Waals surface area contributed by atoms with Crippen LogP contribution < -0.4 is 5.73 Å². The van der Waals surface area contributed by atoms with Crippen LogP contribution in [0.1, 0.15) is 30.4 Å². The Kier molecular flexibility index (Phi) is 2.99. The van der Waals surface area contributed by atoms with E-state index in [0.717, 1.165) is 17.7 Å². The van der Waals surface area contributed by atoms with Crippen LogP contribution >= 0.6 is 11.6 Å². The predicted molar refractivity (Wildman–Crippen MR) is 54.5 cm³/mol. The first-order valence-corrected chi connectivity index (χ1v) is 4.61. The zero-order chi connectivity index (χ0) is 9.14. The number of alkyl halides is 1. The second-order valence-electron chi connectivity index (χ2n) is 2.89. The van der Waals surface area contributed by atoms with Crippen molar-refractivity contribution >= 4 is 17.3 Å². The molecule has 0 aliphatic rings. The number of nitrogen functional groups attached to an aromatic ring is 1. The molecule has 1 unspecified atom stereocenters. The standard InChI is InChI=1S/C10H14ClN/c1-3-8-5-4-6-9(7(2)11)10(8)12/h4-7H,3,12H2,1-2H3. The van der Waals surface area contributed by atoms with E-state index in [4.69, 9.17) is 17.3 Å². The molecular weight excluding hydrogens is 170 g/mol. The van der Waals surface area contributed by atoms with Gasteiger partial charge in [-0.2, -0.15) is 0 Å². The van der Waals surface area contributed by atoms with Crippen LogP contribution in [-0.4, -0.2) is 0 Å². The molecule has 1 aromatic rings. The van der Waals surface area contributed by atoms with E-state index in [1.54, 1.807) is 0 Å². The van der Waals surface area contributed by atoms with E-state index in [0.29, 0.717) is 0 Å². The molecule has 0 heterocycles. The lowest BCUT2D eigenvalue weighted by Crippen LogP contribution is -1.99. The third kappa shape index (κ3) is 1.72. The van der Waals surface area contributed by atoms with Gasteiger partial charge in [0.15, 0.2) is 0 Å². The minimum atomic E-state index is -0.00324. The number of hydrogen-bond donors (Lipinski definition) is 1. The normalized spacial score (nSPS) is 12.9. The highest BCUT2D eigenvalue weighted by molar-refractivity contribution is 6.21. The molecular formula is C10H14ClN. The number of para-hydroxylation sites is 1. The summed E-state index contributed by atoms with van der Waals surface area (Å²) in [6, 6.07) is 6.02. The van der Waals surface area contributed by atoms with Gasteiger partial charge >= 0.3 is 0 Å². The Bertz CT molecular complexity index is 269. The van der Waals surface area contributed by atoms with Gasteiger partial charge in [0.2, 0.25) is 0 Å². The van der Waals surface area contributed by atoms with Gasteiger partial charge in [0.1, 0.15) is 0 Å². The van der Waals surface area contributed by atoms with E-state index >= 15 is 0 Å². The van der Waals surface area contributed by atoms with E-state index in [9.17, 15) is 0 Å². The molecule has 0 spiro atoms. The fourth-order valence-electron chi connectivity index (χ4n) is 1.29. The summed E-state index contributed by atoms with van der Waals surface area (Å²) in [6.45, 7) is 4.03. The van der Waals surface area contributed by atoms with E-state index in [2.05, 4.69) is 6.92 Å². The first-order valence-electron chi connectivity index (χ1n) is 4.18. The maximum atomic E-state index is 5.96. The molecule has 0 amide bonds. The second kappa shape index (κ2) is 3.81. The number of aryl methyl sites for hydroxylation is 1. The summed E-state index contributed by atoms with van der Waals surface area (Å²) in [4.78, 5) is 0. The fraction of sp³-hybridized carbons (Fsp3) is 0.400. The number of nitrogens with two attached hydrogens (primary N) is 1. The van der Waals surface area contributed by atoms with Crippen LogP contribution in [0.4, 0.5) is 5.69 Å². The minimum Gasteiger partial charge on any atom is -0.398 e. The van der Waals surface area contributed by atoms with Gasteiger partial charge in [0.25, 0.3) is 0 Å². The Balaban J connectivity index is 3.14. The van der Waals surface area contributed by atoms with Gasteiger partial charge in [-0.3, -0.25) is 0 Å². The number of halogens is 1. The van der Waals surface area contributed by atoms with Crippen LogP contribution in [0.3, 0.4) is 0 Å². The monoisotopic (exact) mass is 183 g/mol. The van der Waals surface area contributed by atoms with Crippen molar-refractivity contribution in [3.05, 3.63) is 29.3 Å². The maximum Gasteiger partial charge on any atom is 0.0577 e. The lowest BCUT2D eigenvalue weighted by atomic mass is 10.0. The summed E-state index contributed by atoms with van der Waals surface area (Å²) in [7, 11) is 0. The van der Waals surface area contributed by atoms with Crippen LogP contribution in [0.15, 0.2) is 18.2 Å². The van der Waals surface area contributed by atoms with Crippen molar-refractivity contribution in [3.63, 3.8) is 0 Å². The van der Waals surface area contributed by atoms with Crippen molar-refractivity contribution in [2.45, 2.75) is 25.6 Å².